The Labute approximate surface area is 112 Å². The summed E-state index contributed by atoms with van der Waals surface area (Å²) >= 11 is 0. The summed E-state index contributed by atoms with van der Waals surface area (Å²) in [5.74, 6) is 0.625. The lowest BCUT2D eigenvalue weighted by Crippen LogP contribution is -2.20. The van der Waals surface area contributed by atoms with Gasteiger partial charge >= 0.3 is 0 Å². The average molecular weight is 253 g/mol. The second-order valence-electron chi connectivity index (χ2n) is 4.40. The van der Waals surface area contributed by atoms with Gasteiger partial charge in [0.2, 0.25) is 5.88 Å². The van der Waals surface area contributed by atoms with Crippen molar-refractivity contribution in [2.45, 2.75) is 6.54 Å². The van der Waals surface area contributed by atoms with Crippen molar-refractivity contribution in [2.75, 3.05) is 17.7 Å². The third kappa shape index (κ3) is 2.01. The fraction of sp³-hybridized carbons (Fsp3) is 0.133. The summed E-state index contributed by atoms with van der Waals surface area (Å²) in [7, 11) is 1.63. The fourth-order valence-corrected chi connectivity index (χ4v) is 2.30. The average Bonchev–Trinajstić information content (AvgIpc) is 2.47. The molecule has 4 nitrogen and oxygen atoms in total. The molecular formula is C15H15N3O. The minimum Gasteiger partial charge on any atom is -0.480 e. The summed E-state index contributed by atoms with van der Waals surface area (Å²) in [4.78, 5) is 6.33. The van der Waals surface area contributed by atoms with E-state index in [1.54, 1.807) is 13.3 Å². The minimum absolute atomic E-state index is 0.625. The SMILES string of the molecule is COc1ncccc1N1C=Cc2c(N)cccc2C1. The van der Waals surface area contributed by atoms with E-state index in [2.05, 4.69) is 16.0 Å². The Kier molecular flexibility index (Phi) is 2.83. The Morgan fingerprint density at radius 2 is 2.16 bits per heavy atom. The Morgan fingerprint density at radius 3 is 3.00 bits per heavy atom. The zero-order valence-corrected chi connectivity index (χ0v) is 10.7. The van der Waals surface area contributed by atoms with Crippen LogP contribution in [0.3, 0.4) is 0 Å². The summed E-state index contributed by atoms with van der Waals surface area (Å²) in [5, 5.41) is 0. The predicted molar refractivity (Wildman–Crippen MR) is 76.9 cm³/mol. The maximum Gasteiger partial charge on any atom is 0.237 e. The van der Waals surface area contributed by atoms with Crippen LogP contribution >= 0.6 is 0 Å². The second-order valence-corrected chi connectivity index (χ2v) is 4.40. The Bertz CT molecular complexity index is 637. The van der Waals surface area contributed by atoms with Crippen molar-refractivity contribution in [3.05, 3.63) is 53.9 Å². The maximum absolute atomic E-state index is 5.97. The van der Waals surface area contributed by atoms with Crippen LogP contribution in [0.1, 0.15) is 11.1 Å². The largest absolute Gasteiger partial charge is 0.480 e. The first-order valence-electron chi connectivity index (χ1n) is 6.11. The van der Waals surface area contributed by atoms with Gasteiger partial charge in [-0.2, -0.15) is 0 Å². The highest BCUT2D eigenvalue weighted by molar-refractivity contribution is 5.73. The molecule has 0 amide bonds. The van der Waals surface area contributed by atoms with Crippen LogP contribution in [0.5, 0.6) is 5.88 Å². The minimum atomic E-state index is 0.625. The van der Waals surface area contributed by atoms with E-state index in [1.807, 2.05) is 36.5 Å². The van der Waals surface area contributed by atoms with Gasteiger partial charge in [-0.05, 0) is 29.8 Å². The molecule has 3 rings (SSSR count). The normalized spacial score (nSPS) is 13.2. The summed E-state index contributed by atoms with van der Waals surface area (Å²) < 4.78 is 5.30. The molecule has 0 radical (unpaired) electrons. The number of hydrogen-bond donors (Lipinski definition) is 1. The summed E-state index contributed by atoms with van der Waals surface area (Å²) in [6, 6.07) is 9.88. The Hall–Kier alpha value is -2.49. The first-order chi connectivity index (χ1) is 9.29. The highest BCUT2D eigenvalue weighted by Gasteiger charge is 2.16. The molecule has 2 aromatic rings. The second kappa shape index (κ2) is 4.65. The molecule has 0 saturated carbocycles. The van der Waals surface area contributed by atoms with Crippen molar-refractivity contribution in [3.63, 3.8) is 0 Å². The molecule has 0 fully saturated rings. The number of ether oxygens (including phenoxy) is 1. The number of benzene rings is 1. The van der Waals surface area contributed by atoms with Gasteiger partial charge in [0, 0.05) is 30.2 Å². The molecule has 0 atom stereocenters. The highest BCUT2D eigenvalue weighted by atomic mass is 16.5. The van der Waals surface area contributed by atoms with Crippen molar-refractivity contribution in [3.8, 4) is 5.88 Å². The lowest BCUT2D eigenvalue weighted by atomic mass is 10.0. The van der Waals surface area contributed by atoms with Crippen LogP contribution in [0, 0.1) is 0 Å². The monoisotopic (exact) mass is 253 g/mol. The van der Waals surface area contributed by atoms with E-state index in [9.17, 15) is 0 Å². The summed E-state index contributed by atoms with van der Waals surface area (Å²) in [6.07, 6.45) is 5.76. The van der Waals surface area contributed by atoms with Crippen LogP contribution < -0.4 is 15.4 Å². The van der Waals surface area contributed by atoms with Crippen LogP contribution in [0.2, 0.25) is 0 Å². The number of pyridine rings is 1. The van der Waals surface area contributed by atoms with Crippen molar-refractivity contribution in [2.24, 2.45) is 0 Å². The summed E-state index contributed by atoms with van der Waals surface area (Å²) in [5.41, 5.74) is 10.0. The molecular weight excluding hydrogens is 238 g/mol. The van der Waals surface area contributed by atoms with Gasteiger partial charge in [-0.15, -0.1) is 0 Å². The standard InChI is InChI=1S/C15H15N3O/c1-19-15-14(6-3-8-17-15)18-9-7-12-11(10-18)4-2-5-13(12)16/h2-9H,10,16H2,1H3. The topological polar surface area (TPSA) is 51.4 Å². The van der Waals surface area contributed by atoms with E-state index in [-0.39, 0.29) is 0 Å². The van der Waals surface area contributed by atoms with Crippen molar-refractivity contribution in [1.29, 1.82) is 0 Å². The van der Waals surface area contributed by atoms with Gasteiger partial charge in [0.1, 0.15) is 5.69 Å². The van der Waals surface area contributed by atoms with E-state index < -0.39 is 0 Å². The molecule has 4 heteroatoms. The molecule has 96 valence electrons. The fourth-order valence-electron chi connectivity index (χ4n) is 2.30. The third-order valence-corrected chi connectivity index (χ3v) is 3.25. The smallest absolute Gasteiger partial charge is 0.237 e. The predicted octanol–water partition coefficient (Wildman–Crippen LogP) is 2.66. The lowest BCUT2D eigenvalue weighted by Gasteiger charge is -2.26. The molecule has 1 aromatic heterocycles. The van der Waals surface area contributed by atoms with Crippen LogP contribution in [0.4, 0.5) is 11.4 Å². The number of hydrogen-bond acceptors (Lipinski definition) is 4. The molecule has 0 unspecified atom stereocenters. The van der Waals surface area contributed by atoms with Crippen molar-refractivity contribution in [1.82, 2.24) is 4.98 Å². The molecule has 1 aliphatic rings. The number of nitrogen functional groups attached to an aromatic ring is 1. The molecule has 19 heavy (non-hydrogen) atoms. The number of methoxy groups -OCH3 is 1. The van der Waals surface area contributed by atoms with Gasteiger partial charge in [0.15, 0.2) is 0 Å². The number of rotatable bonds is 2. The molecule has 2 N–H and O–H groups in total. The number of nitrogens with two attached hydrogens (primary N) is 1. The number of nitrogens with zero attached hydrogens (tertiary/aromatic N) is 2. The quantitative estimate of drug-likeness (QED) is 0.836. The molecule has 2 heterocycles. The summed E-state index contributed by atoms with van der Waals surface area (Å²) in [6.45, 7) is 0.763. The zero-order valence-electron chi connectivity index (χ0n) is 10.7. The Balaban J connectivity index is 1.99. The van der Waals surface area contributed by atoms with Crippen molar-refractivity contribution >= 4 is 17.5 Å². The lowest BCUT2D eigenvalue weighted by molar-refractivity contribution is 0.398. The third-order valence-electron chi connectivity index (χ3n) is 3.25. The molecule has 0 bridgehead atoms. The van der Waals surface area contributed by atoms with Gasteiger partial charge in [-0.3, -0.25) is 0 Å². The first kappa shape index (κ1) is 11.6. The number of anilines is 2. The maximum atomic E-state index is 5.97. The molecule has 0 saturated heterocycles. The van der Waals surface area contributed by atoms with Gasteiger partial charge < -0.3 is 15.4 Å². The number of aromatic nitrogens is 1. The van der Waals surface area contributed by atoms with Crippen LogP contribution in [0.15, 0.2) is 42.7 Å². The van der Waals surface area contributed by atoms with Crippen LogP contribution in [-0.4, -0.2) is 12.1 Å². The first-order valence-corrected chi connectivity index (χ1v) is 6.11. The van der Waals surface area contributed by atoms with Crippen LogP contribution in [0.25, 0.3) is 6.08 Å². The van der Waals surface area contributed by atoms with E-state index >= 15 is 0 Å². The van der Waals surface area contributed by atoms with E-state index in [1.165, 1.54) is 5.56 Å². The number of fused-ring (bicyclic) bond motifs is 1. The molecule has 0 aliphatic carbocycles. The van der Waals surface area contributed by atoms with Crippen molar-refractivity contribution < 1.29 is 4.74 Å². The molecule has 0 spiro atoms. The van der Waals surface area contributed by atoms with Gasteiger partial charge in [0.05, 0.1) is 7.11 Å². The highest BCUT2D eigenvalue weighted by Crippen LogP contribution is 2.32. The van der Waals surface area contributed by atoms with Gasteiger partial charge in [-0.1, -0.05) is 12.1 Å². The Morgan fingerprint density at radius 1 is 1.26 bits per heavy atom. The molecule has 1 aromatic carbocycles. The van der Waals surface area contributed by atoms with Gasteiger partial charge in [-0.25, -0.2) is 4.98 Å². The zero-order chi connectivity index (χ0) is 13.2. The molecule has 1 aliphatic heterocycles. The van der Waals surface area contributed by atoms with E-state index in [0.717, 1.165) is 23.5 Å². The van der Waals surface area contributed by atoms with E-state index in [4.69, 9.17) is 10.5 Å². The van der Waals surface area contributed by atoms with E-state index in [0.29, 0.717) is 5.88 Å². The van der Waals surface area contributed by atoms with Gasteiger partial charge in [0.25, 0.3) is 0 Å². The van der Waals surface area contributed by atoms with Crippen LogP contribution in [-0.2, 0) is 6.54 Å².